The molecule has 1 unspecified atom stereocenters. The van der Waals surface area contributed by atoms with E-state index in [1.807, 2.05) is 18.3 Å². The molecule has 1 aromatic rings. The molecule has 0 spiro atoms. The maximum Gasteiger partial charge on any atom is 0.103 e. The standard InChI is InChI=1S/C9H17N3/c1-7(2)8(6-10)12-9-4-3-5-11-9/h3-5,7-8,11-12H,6,10H2,1-2H3. The summed E-state index contributed by atoms with van der Waals surface area (Å²) in [7, 11) is 0. The van der Waals surface area contributed by atoms with Crippen LogP contribution in [0.25, 0.3) is 0 Å². The van der Waals surface area contributed by atoms with Crippen molar-refractivity contribution in [3.63, 3.8) is 0 Å². The Morgan fingerprint density at radius 3 is 2.75 bits per heavy atom. The quantitative estimate of drug-likeness (QED) is 0.635. The lowest BCUT2D eigenvalue weighted by molar-refractivity contribution is 0.530. The van der Waals surface area contributed by atoms with Crippen LogP contribution in [0.1, 0.15) is 13.8 Å². The Morgan fingerprint density at radius 2 is 2.33 bits per heavy atom. The van der Waals surface area contributed by atoms with E-state index >= 15 is 0 Å². The monoisotopic (exact) mass is 167 g/mol. The molecule has 0 saturated heterocycles. The van der Waals surface area contributed by atoms with Gasteiger partial charge in [0, 0.05) is 18.8 Å². The zero-order chi connectivity index (χ0) is 8.97. The second-order valence-electron chi connectivity index (χ2n) is 3.31. The molecule has 1 rings (SSSR count). The van der Waals surface area contributed by atoms with Gasteiger partial charge in [-0.05, 0) is 18.1 Å². The first-order valence-corrected chi connectivity index (χ1v) is 4.34. The third-order valence-corrected chi connectivity index (χ3v) is 2.00. The number of aromatic amines is 1. The highest BCUT2D eigenvalue weighted by atomic mass is 15.0. The lowest BCUT2D eigenvalue weighted by Gasteiger charge is -2.20. The first-order chi connectivity index (χ1) is 5.74. The first-order valence-electron chi connectivity index (χ1n) is 4.34. The average molecular weight is 167 g/mol. The second kappa shape index (κ2) is 4.16. The summed E-state index contributed by atoms with van der Waals surface area (Å²) in [4.78, 5) is 3.09. The Kier molecular flexibility index (Phi) is 3.17. The minimum atomic E-state index is 0.351. The fraction of sp³-hybridized carbons (Fsp3) is 0.556. The van der Waals surface area contributed by atoms with Gasteiger partial charge in [0.05, 0.1) is 0 Å². The molecule has 1 aromatic heterocycles. The van der Waals surface area contributed by atoms with Gasteiger partial charge in [-0.1, -0.05) is 13.8 Å². The molecule has 0 aromatic carbocycles. The highest BCUT2D eigenvalue weighted by Gasteiger charge is 2.10. The van der Waals surface area contributed by atoms with Crippen LogP contribution in [0.3, 0.4) is 0 Å². The van der Waals surface area contributed by atoms with Crippen LogP contribution in [0.15, 0.2) is 18.3 Å². The molecule has 0 radical (unpaired) electrons. The van der Waals surface area contributed by atoms with Crippen molar-refractivity contribution in [2.75, 3.05) is 11.9 Å². The fourth-order valence-electron chi connectivity index (χ4n) is 1.12. The number of H-pyrrole nitrogens is 1. The third-order valence-electron chi connectivity index (χ3n) is 2.00. The number of aromatic nitrogens is 1. The highest BCUT2D eigenvalue weighted by Crippen LogP contribution is 2.08. The van der Waals surface area contributed by atoms with Crippen molar-refractivity contribution >= 4 is 5.82 Å². The van der Waals surface area contributed by atoms with Gasteiger partial charge in [0.1, 0.15) is 5.82 Å². The molecule has 0 bridgehead atoms. The number of hydrogen-bond donors (Lipinski definition) is 3. The van der Waals surface area contributed by atoms with Gasteiger partial charge in [-0.15, -0.1) is 0 Å². The van der Waals surface area contributed by atoms with Gasteiger partial charge in [-0.3, -0.25) is 0 Å². The van der Waals surface area contributed by atoms with Crippen molar-refractivity contribution in [2.24, 2.45) is 11.7 Å². The number of nitrogens with two attached hydrogens (primary N) is 1. The summed E-state index contributed by atoms with van der Waals surface area (Å²) in [5, 5.41) is 3.33. The molecule has 3 nitrogen and oxygen atoms in total. The summed E-state index contributed by atoms with van der Waals surface area (Å²) in [6.07, 6.45) is 1.90. The Morgan fingerprint density at radius 1 is 1.58 bits per heavy atom. The summed E-state index contributed by atoms with van der Waals surface area (Å²) in [5.74, 6) is 1.59. The van der Waals surface area contributed by atoms with Crippen LogP contribution in [-0.2, 0) is 0 Å². The molecular weight excluding hydrogens is 150 g/mol. The molecule has 0 aliphatic heterocycles. The number of hydrogen-bond acceptors (Lipinski definition) is 2. The van der Waals surface area contributed by atoms with E-state index < -0.39 is 0 Å². The normalized spacial score (nSPS) is 13.3. The minimum absolute atomic E-state index is 0.351. The summed E-state index contributed by atoms with van der Waals surface area (Å²) >= 11 is 0. The van der Waals surface area contributed by atoms with E-state index in [4.69, 9.17) is 5.73 Å². The Bertz CT molecular complexity index is 204. The summed E-state index contributed by atoms with van der Waals surface area (Å²) in [6, 6.07) is 4.32. The van der Waals surface area contributed by atoms with E-state index in [9.17, 15) is 0 Å². The highest BCUT2D eigenvalue weighted by molar-refractivity contribution is 5.35. The van der Waals surface area contributed by atoms with Gasteiger partial charge in [-0.25, -0.2) is 0 Å². The van der Waals surface area contributed by atoms with Crippen LogP contribution in [0, 0.1) is 5.92 Å². The predicted molar refractivity (Wildman–Crippen MR) is 52.1 cm³/mol. The second-order valence-corrected chi connectivity index (χ2v) is 3.31. The SMILES string of the molecule is CC(C)C(CN)Nc1ccc[nH]1. The number of anilines is 1. The Hall–Kier alpha value is -0.960. The van der Waals surface area contributed by atoms with Gasteiger partial charge >= 0.3 is 0 Å². The molecule has 0 saturated carbocycles. The first kappa shape index (κ1) is 9.13. The molecule has 0 fully saturated rings. The Labute approximate surface area is 73.4 Å². The zero-order valence-electron chi connectivity index (χ0n) is 7.67. The molecule has 0 aliphatic rings. The molecule has 1 atom stereocenters. The predicted octanol–water partition coefficient (Wildman–Crippen LogP) is 1.41. The lowest BCUT2D eigenvalue weighted by Crippen LogP contribution is -2.33. The molecular formula is C9H17N3. The van der Waals surface area contributed by atoms with Crippen molar-refractivity contribution in [3.05, 3.63) is 18.3 Å². The molecule has 0 amide bonds. The minimum Gasteiger partial charge on any atom is -0.367 e. The van der Waals surface area contributed by atoms with Crippen molar-refractivity contribution < 1.29 is 0 Å². The van der Waals surface area contributed by atoms with Crippen LogP contribution in [0.2, 0.25) is 0 Å². The average Bonchev–Trinajstić information content (AvgIpc) is 2.51. The van der Waals surface area contributed by atoms with Gasteiger partial charge in [0.25, 0.3) is 0 Å². The van der Waals surface area contributed by atoms with Crippen molar-refractivity contribution in [1.29, 1.82) is 0 Å². The van der Waals surface area contributed by atoms with Crippen LogP contribution < -0.4 is 11.1 Å². The topological polar surface area (TPSA) is 53.8 Å². The Balaban J connectivity index is 2.48. The molecule has 0 aliphatic carbocycles. The number of nitrogens with one attached hydrogen (secondary N) is 2. The molecule has 3 heteroatoms. The third kappa shape index (κ3) is 2.27. The maximum atomic E-state index is 5.61. The number of rotatable bonds is 4. The van der Waals surface area contributed by atoms with Crippen LogP contribution in [0.4, 0.5) is 5.82 Å². The largest absolute Gasteiger partial charge is 0.367 e. The van der Waals surface area contributed by atoms with E-state index in [-0.39, 0.29) is 0 Å². The van der Waals surface area contributed by atoms with Crippen molar-refractivity contribution in [2.45, 2.75) is 19.9 Å². The fourth-order valence-corrected chi connectivity index (χ4v) is 1.12. The van der Waals surface area contributed by atoms with Gasteiger partial charge in [0.15, 0.2) is 0 Å². The van der Waals surface area contributed by atoms with Crippen LogP contribution >= 0.6 is 0 Å². The van der Waals surface area contributed by atoms with E-state index in [0.29, 0.717) is 18.5 Å². The van der Waals surface area contributed by atoms with Gasteiger partial charge < -0.3 is 16.0 Å². The molecule has 1 heterocycles. The molecule has 12 heavy (non-hydrogen) atoms. The van der Waals surface area contributed by atoms with Crippen LogP contribution in [0.5, 0.6) is 0 Å². The van der Waals surface area contributed by atoms with Crippen molar-refractivity contribution in [1.82, 2.24) is 4.98 Å². The van der Waals surface area contributed by atoms with E-state index in [2.05, 4.69) is 24.1 Å². The van der Waals surface area contributed by atoms with E-state index in [1.165, 1.54) is 0 Å². The molecule has 68 valence electrons. The molecule has 4 N–H and O–H groups in total. The smallest absolute Gasteiger partial charge is 0.103 e. The maximum absolute atomic E-state index is 5.61. The summed E-state index contributed by atoms with van der Waals surface area (Å²) in [5.41, 5.74) is 5.61. The van der Waals surface area contributed by atoms with Crippen LogP contribution in [-0.4, -0.2) is 17.6 Å². The van der Waals surface area contributed by atoms with Gasteiger partial charge in [-0.2, -0.15) is 0 Å². The summed E-state index contributed by atoms with van der Waals surface area (Å²) < 4.78 is 0. The van der Waals surface area contributed by atoms with Gasteiger partial charge in [0.2, 0.25) is 0 Å². The zero-order valence-corrected chi connectivity index (χ0v) is 7.67. The lowest BCUT2D eigenvalue weighted by atomic mass is 10.1. The van der Waals surface area contributed by atoms with E-state index in [0.717, 1.165) is 5.82 Å². The summed E-state index contributed by atoms with van der Waals surface area (Å²) in [6.45, 7) is 4.98. The van der Waals surface area contributed by atoms with E-state index in [1.54, 1.807) is 0 Å². The van der Waals surface area contributed by atoms with Crippen molar-refractivity contribution in [3.8, 4) is 0 Å².